The molecule has 6 nitrogen and oxygen atoms in total. The molecule has 0 fully saturated rings. The molecular weight excluding hydrogens is 287 g/mol. The first-order valence-corrected chi connectivity index (χ1v) is 7.46. The van der Waals surface area contributed by atoms with E-state index < -0.39 is 17.7 Å². The Morgan fingerprint density at radius 3 is 2.63 bits per heavy atom. The normalized spacial score (nSPS) is 11.3. The van der Waals surface area contributed by atoms with Gasteiger partial charge in [0.2, 0.25) is 0 Å². The van der Waals surface area contributed by atoms with Crippen molar-refractivity contribution in [3.63, 3.8) is 0 Å². The highest BCUT2D eigenvalue weighted by atomic mass is 32.1. The summed E-state index contributed by atoms with van der Waals surface area (Å²) in [5.41, 5.74) is -0.818. The van der Waals surface area contributed by atoms with Gasteiger partial charge in [0.25, 0.3) is 0 Å². The smallest absolute Gasteiger partial charge is 0.412 e. The first-order chi connectivity index (χ1) is 8.73. The zero-order valence-electron chi connectivity index (χ0n) is 10.9. The summed E-state index contributed by atoms with van der Waals surface area (Å²) in [7, 11) is 0.833. The molecule has 0 bridgehead atoms. The Morgan fingerprint density at radius 1 is 1.53 bits per heavy atom. The highest BCUT2D eigenvalue weighted by molar-refractivity contribution is 7.36. The predicted molar refractivity (Wildman–Crippen MR) is 76.7 cm³/mol. The molecule has 1 aromatic rings. The molecule has 1 aromatic heterocycles. The van der Waals surface area contributed by atoms with Crippen molar-refractivity contribution in [2.75, 3.05) is 5.32 Å². The average molecular weight is 302 g/mol. The van der Waals surface area contributed by atoms with Gasteiger partial charge in [-0.3, -0.25) is 5.32 Å². The topological polar surface area (TPSA) is 88.5 Å². The van der Waals surface area contributed by atoms with Crippen LogP contribution in [-0.4, -0.2) is 34.1 Å². The molecular formula is C11H15N2O4PS. The zero-order chi connectivity index (χ0) is 14.6. The summed E-state index contributed by atoms with van der Waals surface area (Å²) < 4.78 is 5.07. The summed E-state index contributed by atoms with van der Waals surface area (Å²) in [5.74, 6) is -1.19. The number of aromatic nitrogens is 1. The minimum atomic E-state index is -1.19. The van der Waals surface area contributed by atoms with Gasteiger partial charge in [-0.05, 0) is 20.8 Å². The van der Waals surface area contributed by atoms with Crippen molar-refractivity contribution in [1.29, 1.82) is 0 Å². The fourth-order valence-electron chi connectivity index (χ4n) is 1.15. The summed E-state index contributed by atoms with van der Waals surface area (Å²) in [6, 6.07) is 0. The van der Waals surface area contributed by atoms with Gasteiger partial charge in [-0.1, -0.05) is 17.6 Å². The second-order valence-electron chi connectivity index (χ2n) is 4.60. The number of hydrogen-bond donors (Lipinski definition) is 2. The van der Waals surface area contributed by atoms with Crippen molar-refractivity contribution in [2.24, 2.45) is 0 Å². The minimum Gasteiger partial charge on any atom is -0.476 e. The quantitative estimate of drug-likeness (QED) is 0.834. The van der Waals surface area contributed by atoms with Crippen LogP contribution >= 0.6 is 19.5 Å². The number of rotatable bonds is 4. The van der Waals surface area contributed by atoms with Crippen LogP contribution in [-0.2, 0) is 10.9 Å². The SMILES string of the molecule is C=PCc1nc(C(=O)O)c(NC(=O)OC(C)(C)C)s1. The highest BCUT2D eigenvalue weighted by Gasteiger charge is 2.22. The summed E-state index contributed by atoms with van der Waals surface area (Å²) in [6.45, 7) is 5.18. The summed E-state index contributed by atoms with van der Waals surface area (Å²) in [6.07, 6.45) is 3.50. The molecule has 0 spiro atoms. The van der Waals surface area contributed by atoms with Crippen molar-refractivity contribution in [3.8, 4) is 0 Å². The van der Waals surface area contributed by atoms with Gasteiger partial charge < -0.3 is 9.84 Å². The van der Waals surface area contributed by atoms with E-state index in [2.05, 4.69) is 16.6 Å². The van der Waals surface area contributed by atoms with Crippen molar-refractivity contribution < 1.29 is 19.4 Å². The first-order valence-electron chi connectivity index (χ1n) is 5.38. The molecule has 104 valence electrons. The molecule has 1 heterocycles. The number of carbonyl (C=O) groups excluding carboxylic acids is 1. The third kappa shape index (κ3) is 4.96. The Kier molecular flexibility index (Phi) is 5.03. The summed E-state index contributed by atoms with van der Waals surface area (Å²) in [5, 5.41) is 12.2. The molecule has 0 radical (unpaired) electrons. The second-order valence-corrected chi connectivity index (χ2v) is 6.45. The second kappa shape index (κ2) is 6.12. The molecule has 0 aromatic carbocycles. The van der Waals surface area contributed by atoms with Crippen molar-refractivity contribution in [1.82, 2.24) is 4.98 Å². The van der Waals surface area contributed by atoms with Gasteiger partial charge in [0, 0.05) is 6.16 Å². The number of aromatic carboxylic acids is 1. The highest BCUT2D eigenvalue weighted by Crippen LogP contribution is 2.27. The van der Waals surface area contributed by atoms with Gasteiger partial charge in [-0.25, -0.2) is 14.6 Å². The molecule has 0 aliphatic heterocycles. The van der Waals surface area contributed by atoms with Crippen LogP contribution in [0.4, 0.5) is 9.80 Å². The van der Waals surface area contributed by atoms with E-state index in [-0.39, 0.29) is 10.7 Å². The third-order valence-electron chi connectivity index (χ3n) is 1.74. The number of nitrogens with one attached hydrogen (secondary N) is 1. The summed E-state index contributed by atoms with van der Waals surface area (Å²) >= 11 is 1.12. The maximum absolute atomic E-state index is 11.6. The lowest BCUT2D eigenvalue weighted by Crippen LogP contribution is -2.27. The number of anilines is 1. The van der Waals surface area contributed by atoms with Crippen LogP contribution in [0, 0.1) is 0 Å². The molecule has 19 heavy (non-hydrogen) atoms. The minimum absolute atomic E-state index is 0.172. The maximum Gasteiger partial charge on any atom is 0.412 e. The van der Waals surface area contributed by atoms with Gasteiger partial charge in [-0.2, -0.15) is 0 Å². The van der Waals surface area contributed by atoms with Crippen LogP contribution in [0.2, 0.25) is 0 Å². The van der Waals surface area contributed by atoms with Gasteiger partial charge in [0.1, 0.15) is 15.6 Å². The number of amides is 1. The molecule has 1 amide bonds. The first kappa shape index (κ1) is 15.6. The molecule has 0 saturated heterocycles. The van der Waals surface area contributed by atoms with Crippen LogP contribution in [0.25, 0.3) is 0 Å². The van der Waals surface area contributed by atoms with Gasteiger partial charge in [0.15, 0.2) is 5.69 Å². The Labute approximate surface area is 116 Å². The van der Waals surface area contributed by atoms with Crippen LogP contribution in [0.3, 0.4) is 0 Å². The van der Waals surface area contributed by atoms with E-state index in [4.69, 9.17) is 9.84 Å². The number of carboxylic acids is 1. The summed E-state index contributed by atoms with van der Waals surface area (Å²) in [4.78, 5) is 26.6. The molecule has 1 rings (SSSR count). The largest absolute Gasteiger partial charge is 0.476 e. The number of carboxylic acid groups (broad SMARTS) is 1. The Balaban J connectivity index is 2.90. The number of carbonyl (C=O) groups is 2. The number of hydrogen-bond acceptors (Lipinski definition) is 5. The average Bonchev–Trinajstić information content (AvgIpc) is 2.58. The molecule has 8 heteroatoms. The third-order valence-corrected chi connectivity index (χ3v) is 3.44. The fraction of sp³-hybridized carbons (Fsp3) is 0.455. The Hall–Kier alpha value is -1.46. The van der Waals surface area contributed by atoms with Gasteiger partial charge in [-0.15, -0.1) is 8.20 Å². The van der Waals surface area contributed by atoms with Crippen molar-refractivity contribution in [3.05, 3.63) is 10.7 Å². The maximum atomic E-state index is 11.6. The fourth-order valence-corrected chi connectivity index (χ4v) is 2.68. The molecule has 0 atom stereocenters. The lowest BCUT2D eigenvalue weighted by Gasteiger charge is -2.19. The monoisotopic (exact) mass is 302 g/mol. The van der Waals surface area contributed by atoms with Gasteiger partial charge >= 0.3 is 12.1 Å². The number of thiazole rings is 1. The van der Waals surface area contributed by atoms with E-state index in [0.29, 0.717) is 11.2 Å². The van der Waals surface area contributed by atoms with E-state index in [0.717, 1.165) is 19.5 Å². The molecule has 0 aliphatic carbocycles. The molecule has 0 saturated carbocycles. The van der Waals surface area contributed by atoms with Crippen LogP contribution < -0.4 is 5.32 Å². The van der Waals surface area contributed by atoms with Gasteiger partial charge in [0.05, 0.1) is 0 Å². The van der Waals surface area contributed by atoms with Crippen LogP contribution in [0.15, 0.2) is 0 Å². The molecule has 0 aliphatic rings. The zero-order valence-corrected chi connectivity index (χ0v) is 12.6. The standard InChI is InChI=1S/C11H15N2O4PS/c1-11(2,3)17-10(16)13-8-7(9(14)15)12-6(19-8)5-18-4/h4-5H2,1-3H3,(H,13,16)(H,14,15). The number of ether oxygens (including phenoxy) is 1. The van der Waals surface area contributed by atoms with Crippen LogP contribution in [0.1, 0.15) is 36.3 Å². The Morgan fingerprint density at radius 2 is 2.16 bits per heavy atom. The van der Waals surface area contributed by atoms with E-state index in [1.165, 1.54) is 0 Å². The predicted octanol–water partition coefficient (Wildman–Crippen LogP) is 3.07. The van der Waals surface area contributed by atoms with E-state index in [1.54, 1.807) is 20.8 Å². The lowest BCUT2D eigenvalue weighted by atomic mass is 10.2. The van der Waals surface area contributed by atoms with E-state index >= 15 is 0 Å². The van der Waals surface area contributed by atoms with Crippen molar-refractivity contribution in [2.45, 2.75) is 32.5 Å². The van der Waals surface area contributed by atoms with E-state index in [9.17, 15) is 9.59 Å². The molecule has 2 N–H and O–H groups in total. The van der Waals surface area contributed by atoms with Crippen molar-refractivity contribution >= 4 is 42.9 Å². The van der Waals surface area contributed by atoms with Crippen LogP contribution in [0.5, 0.6) is 0 Å². The van der Waals surface area contributed by atoms with E-state index in [1.807, 2.05) is 0 Å². The molecule has 0 unspecified atom stereocenters. The number of nitrogens with zero attached hydrogens (tertiary/aromatic N) is 1. The Bertz CT molecular complexity index is 507. The lowest BCUT2D eigenvalue weighted by molar-refractivity contribution is 0.0636.